The van der Waals surface area contributed by atoms with Crippen molar-refractivity contribution in [2.45, 2.75) is 33.7 Å². The summed E-state index contributed by atoms with van der Waals surface area (Å²) < 4.78 is 7.09. The summed E-state index contributed by atoms with van der Waals surface area (Å²) in [6, 6.07) is 0. The fraction of sp³-hybridized carbons (Fsp3) is 0.429. The van der Waals surface area contributed by atoms with Crippen LogP contribution in [0.15, 0.2) is 11.7 Å². The van der Waals surface area contributed by atoms with Crippen molar-refractivity contribution >= 4 is 23.1 Å². The van der Waals surface area contributed by atoms with Gasteiger partial charge in [0.2, 0.25) is 5.51 Å². The van der Waals surface area contributed by atoms with E-state index in [0.717, 1.165) is 17.7 Å². The summed E-state index contributed by atoms with van der Waals surface area (Å²) in [5.41, 5.74) is 10.0. The number of nitrogens with two attached hydrogens (primary N) is 1. The second-order valence-electron chi connectivity index (χ2n) is 4.78. The van der Waals surface area contributed by atoms with Crippen molar-refractivity contribution in [3.05, 3.63) is 33.7 Å². The Hall–Kier alpha value is -1.73. The first kappa shape index (κ1) is 18.3. The maximum Gasteiger partial charge on any atom is 0.302 e. The number of rotatable bonds is 5. The molecule has 0 saturated heterocycles. The third-order valence-corrected chi connectivity index (χ3v) is 4.29. The van der Waals surface area contributed by atoms with Crippen molar-refractivity contribution < 1.29 is 26.5 Å². The molecule has 0 fully saturated rings. The van der Waals surface area contributed by atoms with E-state index in [1.54, 1.807) is 17.5 Å². The number of hydrogen-bond acceptors (Lipinski definition) is 6. The Balaban J connectivity index is 0.00000242. The van der Waals surface area contributed by atoms with Gasteiger partial charge in [0, 0.05) is 26.5 Å². The first-order valence-corrected chi connectivity index (χ1v) is 7.53. The van der Waals surface area contributed by atoms with Gasteiger partial charge < -0.3 is 22.9 Å². The number of nitrogen functional groups attached to an aromatic ring is 1. The summed E-state index contributed by atoms with van der Waals surface area (Å²) in [5, 5.41) is 0. The van der Waals surface area contributed by atoms with Gasteiger partial charge >= 0.3 is 5.97 Å². The first-order valence-electron chi connectivity index (χ1n) is 6.65. The van der Waals surface area contributed by atoms with Gasteiger partial charge in [0.1, 0.15) is 11.6 Å². The van der Waals surface area contributed by atoms with E-state index < -0.39 is 0 Å². The molecule has 2 aromatic rings. The Morgan fingerprint density at radius 2 is 2.18 bits per heavy atom. The predicted molar refractivity (Wildman–Crippen MR) is 79.9 cm³/mol. The molecule has 2 rings (SSSR count). The molecule has 120 valence electrons. The minimum atomic E-state index is -0.248. The number of nitrogens with zero attached hydrogens (tertiary/aromatic N) is 3. The molecule has 0 aliphatic heterocycles. The maximum absolute atomic E-state index is 10.8. The average Bonchev–Trinajstić information content (AvgIpc) is 2.74. The quantitative estimate of drug-likeness (QED) is 0.511. The normalized spacial score (nSPS) is 10.1. The molecule has 2 N–H and O–H groups in total. The van der Waals surface area contributed by atoms with E-state index >= 15 is 0 Å². The molecule has 0 spiro atoms. The average molecular weight is 343 g/mol. The molecule has 0 atom stereocenters. The largest absolute Gasteiger partial charge is 1.00 e. The summed E-state index contributed by atoms with van der Waals surface area (Å²) >= 11 is 1.65. The van der Waals surface area contributed by atoms with Crippen molar-refractivity contribution in [3.63, 3.8) is 0 Å². The summed E-state index contributed by atoms with van der Waals surface area (Å²) in [5.74, 6) is 0.939. The summed E-state index contributed by atoms with van der Waals surface area (Å²) in [6.07, 6.45) is 2.49. The SMILES string of the molecule is CC(=O)OCCc1sc[n+](Cc2cnc(C)nc2N)c1C.[Cl-]. The van der Waals surface area contributed by atoms with Gasteiger partial charge in [-0.15, -0.1) is 0 Å². The summed E-state index contributed by atoms with van der Waals surface area (Å²) in [4.78, 5) is 20.3. The van der Waals surface area contributed by atoms with E-state index in [4.69, 9.17) is 10.5 Å². The van der Waals surface area contributed by atoms with Gasteiger partial charge in [-0.05, 0) is 6.92 Å². The van der Waals surface area contributed by atoms with E-state index in [1.165, 1.54) is 11.8 Å². The van der Waals surface area contributed by atoms with Crippen molar-refractivity contribution in [3.8, 4) is 0 Å². The van der Waals surface area contributed by atoms with Crippen LogP contribution in [0.25, 0.3) is 0 Å². The van der Waals surface area contributed by atoms with E-state index in [0.29, 0.717) is 24.8 Å². The number of halogens is 1. The Labute approximate surface area is 139 Å². The third-order valence-electron chi connectivity index (χ3n) is 3.15. The molecular weight excluding hydrogens is 324 g/mol. The number of hydrogen-bond donors (Lipinski definition) is 1. The predicted octanol–water partition coefficient (Wildman–Crippen LogP) is -1.82. The molecular formula is C14H19ClN4O2S. The number of ether oxygens (including phenoxy) is 1. The number of carbonyl (C=O) groups excluding carboxylic acids is 1. The zero-order chi connectivity index (χ0) is 15.4. The van der Waals surface area contributed by atoms with Gasteiger partial charge in [-0.2, -0.15) is 4.57 Å². The van der Waals surface area contributed by atoms with Crippen LogP contribution in [0.5, 0.6) is 0 Å². The summed E-state index contributed by atoms with van der Waals surface area (Å²) in [7, 11) is 0. The number of carbonyl (C=O) groups is 1. The van der Waals surface area contributed by atoms with E-state index in [1.807, 2.05) is 19.4 Å². The maximum atomic E-state index is 10.8. The Bertz CT molecular complexity index is 660. The standard InChI is InChI=1S/C14H19N4O2S.ClH/c1-9-13(4-5-20-11(3)19)21-8-18(9)7-12-6-16-10(2)17-14(12)15;/h6,8H,4-5,7H2,1-3H3,(H2,15,16,17);1H/q+1;/p-1. The minimum absolute atomic E-state index is 0. The first-order chi connectivity index (χ1) is 9.97. The van der Waals surface area contributed by atoms with E-state index in [9.17, 15) is 4.79 Å². The molecule has 0 saturated carbocycles. The fourth-order valence-corrected chi connectivity index (χ4v) is 2.93. The van der Waals surface area contributed by atoms with E-state index in [2.05, 4.69) is 14.5 Å². The Morgan fingerprint density at radius 1 is 1.45 bits per heavy atom. The zero-order valence-corrected chi connectivity index (χ0v) is 14.4. The number of esters is 1. The fourth-order valence-electron chi connectivity index (χ4n) is 1.95. The molecule has 0 aliphatic carbocycles. The minimum Gasteiger partial charge on any atom is -1.00 e. The topological polar surface area (TPSA) is 82.0 Å². The van der Waals surface area contributed by atoms with Crippen LogP contribution in [0.1, 0.15) is 28.9 Å². The molecule has 0 aromatic carbocycles. The van der Waals surface area contributed by atoms with Gasteiger partial charge in [0.15, 0.2) is 12.2 Å². The second kappa shape index (κ2) is 8.05. The van der Waals surface area contributed by atoms with Crippen LogP contribution in [-0.2, 0) is 22.5 Å². The van der Waals surface area contributed by atoms with E-state index in [-0.39, 0.29) is 18.4 Å². The van der Waals surface area contributed by atoms with Crippen LogP contribution in [0, 0.1) is 13.8 Å². The van der Waals surface area contributed by atoms with Crippen LogP contribution in [-0.4, -0.2) is 22.5 Å². The number of thiazole rings is 1. The lowest BCUT2D eigenvalue weighted by molar-refractivity contribution is -0.689. The lowest BCUT2D eigenvalue weighted by atomic mass is 10.2. The Kier molecular flexibility index (Phi) is 6.70. The molecule has 2 aromatic heterocycles. The molecule has 0 amide bonds. The molecule has 0 bridgehead atoms. The molecule has 0 aliphatic rings. The molecule has 6 nitrogen and oxygen atoms in total. The van der Waals surface area contributed by atoms with Gasteiger partial charge in [-0.25, -0.2) is 9.97 Å². The highest BCUT2D eigenvalue weighted by molar-refractivity contribution is 7.09. The van der Waals surface area contributed by atoms with Crippen LogP contribution in [0.4, 0.5) is 5.82 Å². The highest BCUT2D eigenvalue weighted by Gasteiger charge is 2.17. The monoisotopic (exact) mass is 342 g/mol. The number of aryl methyl sites for hydroxylation is 1. The smallest absolute Gasteiger partial charge is 0.302 e. The lowest BCUT2D eigenvalue weighted by Gasteiger charge is -2.02. The van der Waals surface area contributed by atoms with Gasteiger partial charge in [0.25, 0.3) is 0 Å². The highest BCUT2D eigenvalue weighted by atomic mass is 35.5. The van der Waals surface area contributed by atoms with Gasteiger partial charge in [-0.3, -0.25) is 4.79 Å². The van der Waals surface area contributed by atoms with Crippen LogP contribution in [0.3, 0.4) is 0 Å². The van der Waals surface area contributed by atoms with Crippen molar-refractivity contribution in [2.24, 2.45) is 0 Å². The van der Waals surface area contributed by atoms with Crippen molar-refractivity contribution in [1.82, 2.24) is 9.97 Å². The molecule has 0 unspecified atom stereocenters. The number of anilines is 1. The zero-order valence-electron chi connectivity index (χ0n) is 12.8. The van der Waals surface area contributed by atoms with Crippen LogP contribution >= 0.6 is 11.3 Å². The highest BCUT2D eigenvalue weighted by Crippen LogP contribution is 2.14. The summed E-state index contributed by atoms with van der Waals surface area (Å²) in [6.45, 7) is 6.33. The van der Waals surface area contributed by atoms with Crippen LogP contribution < -0.4 is 22.7 Å². The Morgan fingerprint density at radius 3 is 2.82 bits per heavy atom. The molecule has 8 heteroatoms. The number of aromatic nitrogens is 3. The van der Waals surface area contributed by atoms with Gasteiger partial charge in [-0.1, -0.05) is 11.3 Å². The van der Waals surface area contributed by atoms with Crippen molar-refractivity contribution in [2.75, 3.05) is 12.3 Å². The second-order valence-corrected chi connectivity index (χ2v) is 5.72. The lowest BCUT2D eigenvalue weighted by Crippen LogP contribution is -3.00. The molecule has 0 radical (unpaired) electrons. The van der Waals surface area contributed by atoms with Crippen LogP contribution in [0.2, 0.25) is 0 Å². The third kappa shape index (κ3) is 4.64. The molecule has 22 heavy (non-hydrogen) atoms. The molecule has 2 heterocycles. The van der Waals surface area contributed by atoms with Crippen molar-refractivity contribution in [1.29, 1.82) is 0 Å². The van der Waals surface area contributed by atoms with Gasteiger partial charge in [0.05, 0.1) is 17.0 Å².